The third-order valence-electron chi connectivity index (χ3n) is 7.65. The molecule has 2 aliphatic heterocycles. The lowest BCUT2D eigenvalue weighted by Crippen LogP contribution is -2.56. The summed E-state index contributed by atoms with van der Waals surface area (Å²) in [6.07, 6.45) is 1.69. The summed E-state index contributed by atoms with van der Waals surface area (Å²) in [6, 6.07) is 10.9. The number of benzene rings is 2. The van der Waals surface area contributed by atoms with E-state index in [2.05, 4.69) is 10.3 Å². The summed E-state index contributed by atoms with van der Waals surface area (Å²) in [5.41, 5.74) is 3.07. The molecule has 0 saturated carbocycles. The molecule has 1 fully saturated rings. The van der Waals surface area contributed by atoms with E-state index in [1.807, 2.05) is 25.1 Å². The van der Waals surface area contributed by atoms with E-state index < -0.39 is 6.04 Å². The Kier molecular flexibility index (Phi) is 6.34. The van der Waals surface area contributed by atoms with Crippen molar-refractivity contribution in [1.29, 1.82) is 0 Å². The second-order valence-electron chi connectivity index (χ2n) is 9.60. The number of H-pyrrole nitrogens is 1. The number of rotatable bonds is 4. The van der Waals surface area contributed by atoms with Crippen LogP contribution in [0.15, 0.2) is 42.5 Å². The predicted molar refractivity (Wildman–Crippen MR) is 135 cm³/mol. The van der Waals surface area contributed by atoms with Crippen LogP contribution in [0.1, 0.15) is 43.5 Å². The number of nitrogens with one attached hydrogen (secondary N) is 2. The standard InChI is InChI=1S/C27H31FN4O4/c1-3-23(34)32-16-27(10-12-31(13-11-27)26(35)29-18-6-4-17(28)5-7-18)24-20-9-8-19(36-2)14-21(20)30-25(24)22(32)15-33/h4-9,14,22,30,33H,3,10-13,15-16H2,1-2H3,(H,29,35)/t22-/m0/s1. The summed E-state index contributed by atoms with van der Waals surface area (Å²) < 4.78 is 18.6. The Morgan fingerprint density at radius 2 is 1.92 bits per heavy atom. The number of hydrogen-bond acceptors (Lipinski definition) is 4. The average molecular weight is 495 g/mol. The molecule has 1 aromatic heterocycles. The SMILES string of the molecule is CCC(=O)N1CC2(CCN(C(=O)Nc3ccc(F)cc3)CC2)c2c([nH]c3cc(OC)ccc23)[C@@H]1CO. The molecule has 3 amide bonds. The number of aliphatic hydroxyl groups excluding tert-OH is 1. The fraction of sp³-hybridized carbons (Fsp3) is 0.407. The van der Waals surface area contributed by atoms with Gasteiger partial charge in [-0.25, -0.2) is 9.18 Å². The van der Waals surface area contributed by atoms with Crippen molar-refractivity contribution < 1.29 is 23.8 Å². The molecule has 9 heteroatoms. The van der Waals surface area contributed by atoms with Crippen molar-refractivity contribution in [1.82, 2.24) is 14.8 Å². The molecule has 190 valence electrons. The molecule has 3 aromatic rings. The van der Waals surface area contributed by atoms with Gasteiger partial charge in [0, 0.05) is 59.8 Å². The average Bonchev–Trinajstić information content (AvgIpc) is 3.29. The highest BCUT2D eigenvalue weighted by molar-refractivity contribution is 5.90. The molecule has 0 unspecified atom stereocenters. The minimum absolute atomic E-state index is 0.00760. The molecule has 2 aromatic carbocycles. The zero-order chi connectivity index (χ0) is 25.4. The third kappa shape index (κ3) is 4.07. The van der Waals surface area contributed by atoms with Crippen LogP contribution in [0.2, 0.25) is 0 Å². The fourth-order valence-electron chi connectivity index (χ4n) is 5.75. The number of fused-ring (bicyclic) bond motifs is 4. The summed E-state index contributed by atoms with van der Waals surface area (Å²) >= 11 is 0. The van der Waals surface area contributed by atoms with Crippen LogP contribution in [0.25, 0.3) is 10.9 Å². The van der Waals surface area contributed by atoms with Gasteiger partial charge in [-0.05, 0) is 54.8 Å². The van der Waals surface area contributed by atoms with Crippen molar-refractivity contribution in [2.45, 2.75) is 37.6 Å². The molecule has 0 bridgehead atoms. The van der Waals surface area contributed by atoms with E-state index in [-0.39, 0.29) is 29.8 Å². The molecule has 0 radical (unpaired) electrons. The van der Waals surface area contributed by atoms with Gasteiger partial charge in [-0.3, -0.25) is 4.79 Å². The van der Waals surface area contributed by atoms with E-state index in [1.54, 1.807) is 16.9 Å². The van der Waals surface area contributed by atoms with Crippen LogP contribution in [0, 0.1) is 5.82 Å². The Balaban J connectivity index is 1.47. The van der Waals surface area contributed by atoms with Gasteiger partial charge in [-0.2, -0.15) is 0 Å². The summed E-state index contributed by atoms with van der Waals surface area (Å²) in [5, 5.41) is 14.2. The molecule has 5 rings (SSSR count). The Morgan fingerprint density at radius 1 is 1.19 bits per heavy atom. The number of aromatic nitrogens is 1. The lowest BCUT2D eigenvalue weighted by Gasteiger charge is -2.50. The van der Waals surface area contributed by atoms with Gasteiger partial charge >= 0.3 is 6.03 Å². The Labute approximate surface area is 209 Å². The number of carbonyl (C=O) groups excluding carboxylic acids is 2. The first-order valence-corrected chi connectivity index (χ1v) is 12.3. The lowest BCUT2D eigenvalue weighted by molar-refractivity contribution is -0.137. The molecule has 3 heterocycles. The molecule has 1 saturated heterocycles. The van der Waals surface area contributed by atoms with Crippen molar-refractivity contribution in [3.05, 3.63) is 59.5 Å². The van der Waals surface area contributed by atoms with Gasteiger partial charge in [0.05, 0.1) is 19.8 Å². The molecule has 36 heavy (non-hydrogen) atoms. The number of piperidine rings is 1. The van der Waals surface area contributed by atoms with Gasteiger partial charge in [0.25, 0.3) is 0 Å². The molecule has 8 nitrogen and oxygen atoms in total. The number of urea groups is 1. The van der Waals surface area contributed by atoms with Crippen LogP contribution in [-0.4, -0.2) is 65.2 Å². The minimum Gasteiger partial charge on any atom is -0.497 e. The highest BCUT2D eigenvalue weighted by Gasteiger charge is 2.48. The van der Waals surface area contributed by atoms with Crippen LogP contribution < -0.4 is 10.1 Å². The monoisotopic (exact) mass is 494 g/mol. The molecule has 0 aliphatic carbocycles. The molecule has 1 spiro atoms. The fourth-order valence-corrected chi connectivity index (χ4v) is 5.75. The van der Waals surface area contributed by atoms with Gasteiger partial charge in [0.2, 0.25) is 5.91 Å². The highest BCUT2D eigenvalue weighted by atomic mass is 19.1. The number of ether oxygens (including phenoxy) is 1. The lowest BCUT2D eigenvalue weighted by atomic mass is 9.68. The van der Waals surface area contributed by atoms with Crippen molar-refractivity contribution in [3.63, 3.8) is 0 Å². The Hall–Kier alpha value is -3.59. The van der Waals surface area contributed by atoms with E-state index >= 15 is 0 Å². The van der Waals surface area contributed by atoms with E-state index in [1.165, 1.54) is 24.3 Å². The second kappa shape index (κ2) is 9.46. The summed E-state index contributed by atoms with van der Waals surface area (Å²) in [4.78, 5) is 32.9. The zero-order valence-corrected chi connectivity index (χ0v) is 20.5. The normalized spacial score (nSPS) is 18.8. The van der Waals surface area contributed by atoms with Crippen molar-refractivity contribution >= 4 is 28.5 Å². The van der Waals surface area contributed by atoms with Crippen LogP contribution >= 0.6 is 0 Å². The van der Waals surface area contributed by atoms with Gasteiger partial charge in [0.1, 0.15) is 11.6 Å². The van der Waals surface area contributed by atoms with Gasteiger partial charge in [-0.1, -0.05) is 6.92 Å². The summed E-state index contributed by atoms with van der Waals surface area (Å²) in [5.74, 6) is 0.362. The van der Waals surface area contributed by atoms with Gasteiger partial charge < -0.3 is 29.9 Å². The first kappa shape index (κ1) is 24.1. The number of likely N-dealkylation sites (tertiary alicyclic amines) is 1. The third-order valence-corrected chi connectivity index (χ3v) is 7.65. The largest absolute Gasteiger partial charge is 0.497 e. The Morgan fingerprint density at radius 3 is 2.56 bits per heavy atom. The van der Waals surface area contributed by atoms with E-state index in [0.29, 0.717) is 44.6 Å². The quantitative estimate of drug-likeness (QED) is 0.507. The highest BCUT2D eigenvalue weighted by Crippen LogP contribution is 2.49. The molecule has 1 atom stereocenters. The number of hydrogen-bond donors (Lipinski definition) is 3. The molecule has 2 aliphatic rings. The van der Waals surface area contributed by atoms with Crippen molar-refractivity contribution in [2.24, 2.45) is 0 Å². The number of aliphatic hydroxyl groups is 1. The van der Waals surface area contributed by atoms with Gasteiger partial charge in [-0.15, -0.1) is 0 Å². The number of halogens is 1. The number of methoxy groups -OCH3 is 1. The maximum Gasteiger partial charge on any atom is 0.321 e. The maximum atomic E-state index is 13.2. The van der Waals surface area contributed by atoms with Crippen molar-refractivity contribution in [3.8, 4) is 5.75 Å². The van der Waals surface area contributed by atoms with Crippen LogP contribution in [-0.2, 0) is 10.2 Å². The maximum absolute atomic E-state index is 13.2. The van der Waals surface area contributed by atoms with Crippen molar-refractivity contribution in [2.75, 3.05) is 38.7 Å². The summed E-state index contributed by atoms with van der Waals surface area (Å²) in [6.45, 7) is 3.16. The van der Waals surface area contributed by atoms with E-state index in [9.17, 15) is 19.1 Å². The zero-order valence-electron chi connectivity index (χ0n) is 20.5. The number of anilines is 1. The number of nitrogens with zero attached hydrogens (tertiary/aromatic N) is 2. The predicted octanol–water partition coefficient (Wildman–Crippen LogP) is 4.17. The number of amides is 3. The number of aromatic amines is 1. The van der Waals surface area contributed by atoms with Crippen LogP contribution in [0.4, 0.5) is 14.9 Å². The van der Waals surface area contributed by atoms with Gasteiger partial charge in [0.15, 0.2) is 0 Å². The molecular weight excluding hydrogens is 463 g/mol. The first-order chi connectivity index (χ1) is 17.4. The smallest absolute Gasteiger partial charge is 0.321 e. The van der Waals surface area contributed by atoms with E-state index in [0.717, 1.165) is 27.9 Å². The second-order valence-corrected chi connectivity index (χ2v) is 9.60. The summed E-state index contributed by atoms with van der Waals surface area (Å²) in [7, 11) is 1.62. The minimum atomic E-state index is -0.448. The Bertz CT molecular complexity index is 1280. The number of carbonyl (C=O) groups is 2. The van der Waals surface area contributed by atoms with Crippen LogP contribution in [0.5, 0.6) is 5.75 Å². The molecule has 3 N–H and O–H groups in total. The van der Waals surface area contributed by atoms with E-state index in [4.69, 9.17) is 4.74 Å². The molecular formula is C27H31FN4O4. The first-order valence-electron chi connectivity index (χ1n) is 12.3. The van der Waals surface area contributed by atoms with Crippen LogP contribution in [0.3, 0.4) is 0 Å². The topological polar surface area (TPSA) is 97.9 Å².